The summed E-state index contributed by atoms with van der Waals surface area (Å²) in [4.78, 5) is 14.4. The molecule has 5 rings (SSSR count). The molecule has 1 amide bonds. The van der Waals surface area contributed by atoms with E-state index < -0.39 is 0 Å². The van der Waals surface area contributed by atoms with Gasteiger partial charge in [-0.1, -0.05) is 0 Å². The zero-order chi connectivity index (χ0) is 10.6. The number of ether oxygens (including phenoxy) is 1. The van der Waals surface area contributed by atoms with Crippen LogP contribution in [0.1, 0.15) is 19.3 Å². The zero-order valence-corrected chi connectivity index (χ0v) is 8.95. The molecule has 7 unspecified atom stereocenters. The summed E-state index contributed by atoms with van der Waals surface area (Å²) in [5, 5.41) is 10.1. The second-order valence-corrected chi connectivity index (χ2v) is 6.13. The van der Waals surface area contributed by atoms with E-state index in [9.17, 15) is 9.90 Å². The quantitative estimate of drug-likeness (QED) is 0.676. The molecule has 5 aliphatic rings. The summed E-state index contributed by atoms with van der Waals surface area (Å²) in [6.45, 7) is 0. The number of nitrogens with zero attached hydrogens (tertiary/aromatic N) is 1. The second-order valence-electron chi connectivity index (χ2n) is 6.13. The Morgan fingerprint density at radius 3 is 2.88 bits per heavy atom. The number of carbonyl (C=O) groups excluding carboxylic acids is 1. The fourth-order valence-electron chi connectivity index (χ4n) is 4.83. The van der Waals surface area contributed by atoms with Crippen molar-refractivity contribution in [3.05, 3.63) is 0 Å². The molecule has 2 saturated heterocycles. The molecule has 2 bridgehead atoms. The number of likely N-dealkylation sites (tertiary alicyclic amines) is 1. The monoisotopic (exact) mass is 221 g/mol. The number of hydrogen-bond acceptors (Lipinski definition) is 3. The molecule has 0 spiro atoms. The number of rotatable bonds is 1. The van der Waals surface area contributed by atoms with Gasteiger partial charge in [-0.05, 0) is 31.1 Å². The molecule has 86 valence electrons. The number of amides is 1. The predicted molar refractivity (Wildman–Crippen MR) is 53.1 cm³/mol. The first-order chi connectivity index (χ1) is 7.77. The highest BCUT2D eigenvalue weighted by Gasteiger charge is 2.73. The van der Waals surface area contributed by atoms with E-state index >= 15 is 0 Å². The van der Waals surface area contributed by atoms with E-state index in [0.29, 0.717) is 17.9 Å². The van der Waals surface area contributed by atoms with Crippen LogP contribution in [0, 0.1) is 23.7 Å². The summed E-state index contributed by atoms with van der Waals surface area (Å²) in [7, 11) is 0. The van der Waals surface area contributed by atoms with Crippen molar-refractivity contribution in [2.45, 2.75) is 43.7 Å². The Labute approximate surface area is 93.6 Å². The summed E-state index contributed by atoms with van der Waals surface area (Å²) in [5.74, 6) is 1.43. The Morgan fingerprint density at radius 1 is 1.31 bits per heavy atom. The average molecular weight is 221 g/mol. The Kier molecular flexibility index (Phi) is 1.23. The van der Waals surface area contributed by atoms with Gasteiger partial charge in [0.05, 0.1) is 18.1 Å². The van der Waals surface area contributed by atoms with E-state index in [1.165, 1.54) is 0 Å². The van der Waals surface area contributed by atoms with Gasteiger partial charge in [0.25, 0.3) is 0 Å². The smallest absolute Gasteiger partial charge is 0.228 e. The number of aliphatic hydroxyl groups is 1. The molecular weight excluding hydrogens is 206 g/mol. The average Bonchev–Trinajstić information content (AvgIpc) is 2.71. The van der Waals surface area contributed by atoms with Crippen LogP contribution < -0.4 is 0 Å². The first-order valence-corrected chi connectivity index (χ1v) is 6.43. The summed E-state index contributed by atoms with van der Waals surface area (Å²) in [5.41, 5.74) is 0. The lowest BCUT2D eigenvalue weighted by atomic mass is 9.80. The third-order valence-corrected chi connectivity index (χ3v) is 5.49. The van der Waals surface area contributed by atoms with Gasteiger partial charge in [-0.3, -0.25) is 4.79 Å². The van der Waals surface area contributed by atoms with Crippen molar-refractivity contribution in [2.24, 2.45) is 23.7 Å². The van der Waals surface area contributed by atoms with Gasteiger partial charge in [0.2, 0.25) is 5.91 Å². The topological polar surface area (TPSA) is 49.8 Å². The van der Waals surface area contributed by atoms with E-state index in [-0.39, 0.29) is 36.2 Å². The number of aliphatic hydroxyl groups excluding tert-OH is 1. The van der Waals surface area contributed by atoms with Gasteiger partial charge in [-0.15, -0.1) is 0 Å². The molecule has 0 aromatic rings. The highest BCUT2D eigenvalue weighted by atomic mass is 16.5. The first kappa shape index (κ1) is 8.48. The largest absolute Gasteiger partial charge is 0.390 e. The second kappa shape index (κ2) is 2.31. The van der Waals surface area contributed by atoms with Crippen LogP contribution in [-0.2, 0) is 9.53 Å². The van der Waals surface area contributed by atoms with E-state index in [1.54, 1.807) is 0 Å². The van der Waals surface area contributed by atoms with Crippen LogP contribution in [0.25, 0.3) is 0 Å². The van der Waals surface area contributed by atoms with E-state index in [0.717, 1.165) is 19.3 Å². The summed E-state index contributed by atoms with van der Waals surface area (Å²) < 4.78 is 5.98. The van der Waals surface area contributed by atoms with E-state index in [4.69, 9.17) is 4.74 Å². The van der Waals surface area contributed by atoms with Gasteiger partial charge in [-0.2, -0.15) is 0 Å². The molecule has 2 aliphatic heterocycles. The maximum Gasteiger partial charge on any atom is 0.228 e. The lowest BCUT2D eigenvalue weighted by Gasteiger charge is -2.30. The normalized spacial score (nSPS) is 61.4. The molecule has 0 aromatic heterocycles. The molecule has 7 atom stereocenters. The maximum atomic E-state index is 12.4. The lowest BCUT2D eigenvalue weighted by molar-refractivity contribution is -0.152. The van der Waals surface area contributed by atoms with E-state index in [2.05, 4.69) is 0 Å². The van der Waals surface area contributed by atoms with Gasteiger partial charge in [0, 0.05) is 12.0 Å². The molecule has 4 nitrogen and oxygen atoms in total. The van der Waals surface area contributed by atoms with Crippen molar-refractivity contribution in [3.8, 4) is 0 Å². The first-order valence-electron chi connectivity index (χ1n) is 6.43. The van der Waals surface area contributed by atoms with Crippen LogP contribution in [-0.4, -0.2) is 40.4 Å². The van der Waals surface area contributed by atoms with Crippen molar-refractivity contribution >= 4 is 5.91 Å². The van der Waals surface area contributed by atoms with Crippen LogP contribution >= 0.6 is 0 Å². The van der Waals surface area contributed by atoms with Gasteiger partial charge >= 0.3 is 0 Å². The minimum atomic E-state index is -0.374. The van der Waals surface area contributed by atoms with E-state index in [1.807, 2.05) is 4.90 Å². The fraction of sp³-hybridized carbons (Fsp3) is 0.917. The third-order valence-electron chi connectivity index (χ3n) is 5.49. The molecule has 0 radical (unpaired) electrons. The van der Waals surface area contributed by atoms with Crippen molar-refractivity contribution in [3.63, 3.8) is 0 Å². The maximum absolute atomic E-state index is 12.4. The van der Waals surface area contributed by atoms with Gasteiger partial charge in [0.1, 0.15) is 6.23 Å². The van der Waals surface area contributed by atoms with Crippen LogP contribution in [0.15, 0.2) is 0 Å². The summed E-state index contributed by atoms with van der Waals surface area (Å²) >= 11 is 0. The Morgan fingerprint density at radius 2 is 2.12 bits per heavy atom. The minimum Gasteiger partial charge on any atom is -0.390 e. The zero-order valence-electron chi connectivity index (χ0n) is 8.95. The van der Waals surface area contributed by atoms with Gasteiger partial charge < -0.3 is 14.7 Å². The molecule has 5 fully saturated rings. The van der Waals surface area contributed by atoms with Crippen molar-refractivity contribution in [2.75, 3.05) is 0 Å². The lowest BCUT2D eigenvalue weighted by Crippen LogP contribution is -2.44. The van der Waals surface area contributed by atoms with Crippen LogP contribution in [0.3, 0.4) is 0 Å². The van der Waals surface area contributed by atoms with Crippen molar-refractivity contribution in [1.82, 2.24) is 4.90 Å². The molecular formula is C12H15NO3. The molecule has 3 saturated carbocycles. The summed E-state index contributed by atoms with van der Waals surface area (Å²) in [6, 6.07) is 0.457. The Bertz CT molecular complexity index is 394. The molecule has 16 heavy (non-hydrogen) atoms. The molecule has 4 heteroatoms. The Hall–Kier alpha value is -0.610. The van der Waals surface area contributed by atoms with Crippen molar-refractivity contribution < 1.29 is 14.6 Å². The number of hydrogen-bond donors (Lipinski definition) is 1. The summed E-state index contributed by atoms with van der Waals surface area (Å²) in [6.07, 6.45) is 2.98. The molecule has 2 heterocycles. The Balaban J connectivity index is 1.63. The number of fused-ring (bicyclic) bond motifs is 2. The van der Waals surface area contributed by atoms with Crippen LogP contribution in [0.2, 0.25) is 0 Å². The highest BCUT2D eigenvalue weighted by Crippen LogP contribution is 2.64. The molecule has 1 N–H and O–H groups in total. The van der Waals surface area contributed by atoms with Crippen molar-refractivity contribution in [1.29, 1.82) is 0 Å². The van der Waals surface area contributed by atoms with Crippen LogP contribution in [0.4, 0.5) is 0 Å². The standard InChI is InChI=1S/C12H15NO3/c14-9-5-3-6-8-7(5)11(15)13(4-1-2-4)12(8)16-10(6)9/h4-10,12,14H,1-3H2. The fourth-order valence-corrected chi connectivity index (χ4v) is 4.83. The molecule has 0 aromatic carbocycles. The third kappa shape index (κ3) is 0.695. The predicted octanol–water partition coefficient (Wildman–Crippen LogP) is -0.0411. The SMILES string of the molecule is O=C1C2C3CC4C(OC(C42)N1C1CC1)C3O. The van der Waals surface area contributed by atoms with Gasteiger partial charge in [0.15, 0.2) is 0 Å². The number of carbonyl (C=O) groups is 1. The van der Waals surface area contributed by atoms with Crippen LogP contribution in [0.5, 0.6) is 0 Å². The van der Waals surface area contributed by atoms with Gasteiger partial charge in [-0.25, -0.2) is 0 Å². The highest BCUT2D eigenvalue weighted by molar-refractivity contribution is 5.84. The minimum absolute atomic E-state index is 0.0159. The molecule has 3 aliphatic carbocycles.